The molecule has 1 amide bonds. The van der Waals surface area contributed by atoms with Crippen molar-refractivity contribution in [1.82, 2.24) is 0 Å². The number of carbonyl (C=O) groups excluding carboxylic acids is 2. The number of ether oxygens (including phenoxy) is 2. The molecule has 0 atom stereocenters. The molecule has 0 fully saturated rings. The zero-order valence-corrected chi connectivity index (χ0v) is 15.2. The summed E-state index contributed by atoms with van der Waals surface area (Å²) in [5.41, 5.74) is 2.24. The fourth-order valence-corrected chi connectivity index (χ4v) is 2.96. The second-order valence-electron chi connectivity index (χ2n) is 5.94. The lowest BCUT2D eigenvalue weighted by molar-refractivity contribution is -0.136. The predicted octanol–water partition coefficient (Wildman–Crippen LogP) is 3.28. The minimum Gasteiger partial charge on any atom is -0.508 e. The van der Waals surface area contributed by atoms with Crippen molar-refractivity contribution < 1.29 is 24.2 Å². The Bertz CT molecular complexity index is 940. The van der Waals surface area contributed by atoms with Gasteiger partial charge in [0.25, 0.3) is 5.91 Å². The molecule has 27 heavy (non-hydrogen) atoms. The fraction of sp³-hybridized carbons (Fsp3) is 0.143. The van der Waals surface area contributed by atoms with Crippen molar-refractivity contribution in [2.24, 2.45) is 0 Å². The molecule has 1 heterocycles. The molecule has 0 bridgehead atoms. The van der Waals surface area contributed by atoms with Crippen LogP contribution in [0, 0.1) is 0 Å². The number of hydrogen-bond donors (Lipinski definition) is 1. The van der Waals surface area contributed by atoms with Crippen LogP contribution in [0.2, 0.25) is 0 Å². The number of nitrogens with zero attached hydrogens (tertiary/aromatic N) is 1. The molecule has 6 heteroatoms. The molecule has 0 radical (unpaired) electrons. The van der Waals surface area contributed by atoms with Crippen molar-refractivity contribution in [3.8, 4) is 11.5 Å². The molecule has 138 valence electrons. The molecular weight excluding hydrogens is 346 g/mol. The first kappa shape index (κ1) is 18.3. The highest BCUT2D eigenvalue weighted by atomic mass is 16.5. The van der Waals surface area contributed by atoms with Gasteiger partial charge in [-0.15, -0.1) is 0 Å². The zero-order chi connectivity index (χ0) is 19.6. The van der Waals surface area contributed by atoms with Crippen molar-refractivity contribution in [2.45, 2.75) is 6.92 Å². The van der Waals surface area contributed by atoms with E-state index < -0.39 is 5.97 Å². The summed E-state index contributed by atoms with van der Waals surface area (Å²) in [6, 6.07) is 13.3. The summed E-state index contributed by atoms with van der Waals surface area (Å²) in [5.74, 6) is -0.122. The number of methoxy groups -OCH3 is 2. The highest BCUT2D eigenvalue weighted by Gasteiger charge is 2.37. The van der Waals surface area contributed by atoms with Crippen LogP contribution >= 0.6 is 0 Å². The van der Waals surface area contributed by atoms with E-state index in [1.807, 2.05) is 0 Å². The predicted molar refractivity (Wildman–Crippen MR) is 101 cm³/mol. The van der Waals surface area contributed by atoms with E-state index in [0.29, 0.717) is 22.7 Å². The van der Waals surface area contributed by atoms with Gasteiger partial charge in [0.15, 0.2) is 0 Å². The molecule has 6 nitrogen and oxygen atoms in total. The Morgan fingerprint density at radius 1 is 1.04 bits per heavy atom. The van der Waals surface area contributed by atoms with E-state index >= 15 is 0 Å². The molecular formula is C21H19NO5. The van der Waals surface area contributed by atoms with Crippen LogP contribution in [0.1, 0.15) is 12.5 Å². The number of hydrogen-bond acceptors (Lipinski definition) is 5. The molecule has 0 aromatic heterocycles. The van der Waals surface area contributed by atoms with Crippen molar-refractivity contribution in [1.29, 1.82) is 0 Å². The summed E-state index contributed by atoms with van der Waals surface area (Å²) in [7, 11) is 2.84. The lowest BCUT2D eigenvalue weighted by Gasteiger charge is -2.18. The standard InChI is InChI=1S/C21H19NO5/c1-13-19(21(25)27-3)18(12-14-4-8-16(23)9-5-14)20(24)22(13)15-6-10-17(26-2)11-7-15/h4-12,23H,1-3H3. The van der Waals surface area contributed by atoms with Gasteiger partial charge in [-0.25, -0.2) is 4.79 Å². The summed E-state index contributed by atoms with van der Waals surface area (Å²) < 4.78 is 10.0. The normalized spacial score (nSPS) is 15.4. The lowest BCUT2D eigenvalue weighted by atomic mass is 10.0. The topological polar surface area (TPSA) is 76.1 Å². The van der Waals surface area contributed by atoms with Crippen molar-refractivity contribution in [3.05, 3.63) is 70.9 Å². The van der Waals surface area contributed by atoms with Crippen molar-refractivity contribution in [3.63, 3.8) is 0 Å². The summed E-state index contributed by atoms with van der Waals surface area (Å²) in [6.45, 7) is 1.70. The maximum absolute atomic E-state index is 13.1. The highest BCUT2D eigenvalue weighted by molar-refractivity contribution is 6.23. The minimum absolute atomic E-state index is 0.120. The van der Waals surface area contributed by atoms with Gasteiger partial charge < -0.3 is 14.6 Å². The molecule has 1 aliphatic rings. The second kappa shape index (κ2) is 7.37. The van der Waals surface area contributed by atoms with Crippen LogP contribution in [0.25, 0.3) is 6.08 Å². The number of aromatic hydroxyl groups is 1. The van der Waals surface area contributed by atoms with E-state index in [-0.39, 0.29) is 22.8 Å². The number of amides is 1. The number of phenols is 1. The van der Waals surface area contributed by atoms with Gasteiger partial charge in [0.2, 0.25) is 0 Å². The van der Waals surface area contributed by atoms with Crippen LogP contribution in [0.15, 0.2) is 65.4 Å². The molecule has 0 saturated carbocycles. The number of benzene rings is 2. The number of phenolic OH excluding ortho intramolecular Hbond substituents is 1. The molecule has 0 spiro atoms. The first-order valence-electron chi connectivity index (χ1n) is 8.25. The third kappa shape index (κ3) is 3.42. The summed E-state index contributed by atoms with van der Waals surface area (Å²) >= 11 is 0. The SMILES string of the molecule is COC(=O)C1=C(C)N(c2ccc(OC)cc2)C(=O)C1=Cc1ccc(O)cc1. The van der Waals surface area contributed by atoms with Gasteiger partial charge in [-0.3, -0.25) is 9.69 Å². The maximum atomic E-state index is 13.1. The quantitative estimate of drug-likeness (QED) is 0.665. The molecule has 0 unspecified atom stereocenters. The molecule has 2 aromatic carbocycles. The molecule has 0 aliphatic carbocycles. The van der Waals surface area contributed by atoms with Crippen molar-refractivity contribution >= 4 is 23.6 Å². The van der Waals surface area contributed by atoms with Gasteiger partial charge in [-0.2, -0.15) is 0 Å². The molecule has 0 saturated heterocycles. The average Bonchev–Trinajstić information content (AvgIpc) is 2.93. The van der Waals surface area contributed by atoms with Crippen LogP contribution in [0.3, 0.4) is 0 Å². The fourth-order valence-electron chi connectivity index (χ4n) is 2.96. The smallest absolute Gasteiger partial charge is 0.340 e. The largest absolute Gasteiger partial charge is 0.508 e. The van der Waals surface area contributed by atoms with Gasteiger partial charge in [0, 0.05) is 11.4 Å². The van der Waals surface area contributed by atoms with Crippen LogP contribution in [0.4, 0.5) is 5.69 Å². The van der Waals surface area contributed by atoms with Crippen LogP contribution in [-0.4, -0.2) is 31.2 Å². The number of carbonyl (C=O) groups is 2. The van der Waals surface area contributed by atoms with E-state index in [1.54, 1.807) is 56.5 Å². The van der Waals surface area contributed by atoms with Gasteiger partial charge >= 0.3 is 5.97 Å². The van der Waals surface area contributed by atoms with E-state index in [9.17, 15) is 14.7 Å². The Hall–Kier alpha value is -3.54. The number of esters is 1. The van der Waals surface area contributed by atoms with E-state index in [1.165, 1.54) is 24.1 Å². The minimum atomic E-state index is -0.582. The molecule has 1 aliphatic heterocycles. The summed E-state index contributed by atoms with van der Waals surface area (Å²) in [6.07, 6.45) is 1.61. The van der Waals surface area contributed by atoms with Gasteiger partial charge in [0.1, 0.15) is 11.5 Å². The third-order valence-electron chi connectivity index (χ3n) is 4.32. The van der Waals surface area contributed by atoms with Crippen LogP contribution < -0.4 is 9.64 Å². The van der Waals surface area contributed by atoms with Gasteiger partial charge in [0.05, 0.1) is 25.4 Å². The van der Waals surface area contributed by atoms with Crippen LogP contribution in [-0.2, 0) is 14.3 Å². The number of anilines is 1. The number of rotatable bonds is 4. The average molecular weight is 365 g/mol. The number of allylic oxidation sites excluding steroid dienone is 1. The highest BCUT2D eigenvalue weighted by Crippen LogP contribution is 2.36. The Balaban J connectivity index is 2.09. The molecule has 1 N–H and O–H groups in total. The zero-order valence-electron chi connectivity index (χ0n) is 15.2. The Morgan fingerprint density at radius 3 is 2.22 bits per heavy atom. The Labute approximate surface area is 156 Å². The molecule has 2 aromatic rings. The van der Waals surface area contributed by atoms with Gasteiger partial charge in [-0.05, 0) is 55.0 Å². The first-order chi connectivity index (χ1) is 13.0. The van der Waals surface area contributed by atoms with E-state index in [4.69, 9.17) is 9.47 Å². The van der Waals surface area contributed by atoms with Crippen molar-refractivity contribution in [2.75, 3.05) is 19.1 Å². The Morgan fingerprint density at radius 2 is 1.67 bits per heavy atom. The molecule has 3 rings (SSSR count). The van der Waals surface area contributed by atoms with E-state index in [2.05, 4.69) is 0 Å². The van der Waals surface area contributed by atoms with E-state index in [0.717, 1.165) is 0 Å². The Kier molecular flexibility index (Phi) is 4.98. The van der Waals surface area contributed by atoms with Gasteiger partial charge in [-0.1, -0.05) is 12.1 Å². The summed E-state index contributed by atoms with van der Waals surface area (Å²) in [5, 5.41) is 9.43. The van der Waals surface area contributed by atoms with Crippen LogP contribution in [0.5, 0.6) is 11.5 Å². The maximum Gasteiger partial charge on any atom is 0.340 e. The third-order valence-corrected chi connectivity index (χ3v) is 4.32. The lowest BCUT2D eigenvalue weighted by Crippen LogP contribution is -2.24. The monoisotopic (exact) mass is 365 g/mol. The second-order valence-corrected chi connectivity index (χ2v) is 5.94. The summed E-state index contributed by atoms with van der Waals surface area (Å²) in [4.78, 5) is 26.9. The first-order valence-corrected chi connectivity index (χ1v) is 8.25.